The van der Waals surface area contributed by atoms with Crippen LogP contribution in [0, 0.1) is 0 Å². The number of aromatic nitrogens is 4. The van der Waals surface area contributed by atoms with Crippen molar-refractivity contribution >= 4 is 29.3 Å². The van der Waals surface area contributed by atoms with Gasteiger partial charge in [-0.05, 0) is 47.2 Å². The van der Waals surface area contributed by atoms with E-state index in [1.54, 1.807) is 28.8 Å². The molecule has 0 aliphatic rings. The summed E-state index contributed by atoms with van der Waals surface area (Å²) in [4.78, 5) is 14.4. The number of rotatable bonds is 6. The first-order valence-corrected chi connectivity index (χ1v) is 9.30. The molecule has 1 amide bonds. The number of carbonyl (C=O) groups is 1. The van der Waals surface area contributed by atoms with Crippen LogP contribution >= 0.6 is 23.4 Å². The van der Waals surface area contributed by atoms with Gasteiger partial charge in [-0.2, -0.15) is 4.68 Å². The molecule has 1 heterocycles. The fraction of sp³-hybridized carbons (Fsp3) is 0.222. The lowest BCUT2D eigenvalue weighted by Crippen LogP contribution is -2.32. The van der Waals surface area contributed by atoms with Crippen molar-refractivity contribution in [2.24, 2.45) is 0 Å². The van der Waals surface area contributed by atoms with Crippen LogP contribution in [-0.4, -0.2) is 43.3 Å². The Balaban J connectivity index is 1.68. The van der Waals surface area contributed by atoms with Gasteiger partial charge in [0, 0.05) is 18.6 Å². The number of tetrazole rings is 1. The zero-order chi connectivity index (χ0) is 18.5. The predicted octanol–water partition coefficient (Wildman–Crippen LogP) is 3.45. The van der Waals surface area contributed by atoms with Crippen LogP contribution in [0.1, 0.15) is 12.5 Å². The molecule has 134 valence electrons. The van der Waals surface area contributed by atoms with Gasteiger partial charge in [-0.1, -0.05) is 53.7 Å². The van der Waals surface area contributed by atoms with E-state index in [1.807, 2.05) is 49.4 Å². The lowest BCUT2D eigenvalue weighted by Gasteiger charge is -2.21. The summed E-state index contributed by atoms with van der Waals surface area (Å²) in [5, 5.41) is 12.7. The molecule has 0 saturated heterocycles. The molecule has 0 saturated carbocycles. The first kappa shape index (κ1) is 18.4. The number of thioether (sulfide) groups is 1. The first-order valence-electron chi connectivity index (χ1n) is 8.04. The molecule has 0 N–H and O–H groups in total. The molecule has 6 nitrogen and oxygen atoms in total. The zero-order valence-electron chi connectivity index (χ0n) is 14.4. The summed E-state index contributed by atoms with van der Waals surface area (Å²) >= 11 is 7.25. The number of halogens is 1. The molecule has 0 bridgehead atoms. The van der Waals surface area contributed by atoms with Crippen molar-refractivity contribution in [3.63, 3.8) is 0 Å². The van der Waals surface area contributed by atoms with E-state index in [0.29, 0.717) is 16.7 Å². The Morgan fingerprint density at radius 1 is 1.19 bits per heavy atom. The number of hydrogen-bond donors (Lipinski definition) is 0. The van der Waals surface area contributed by atoms with E-state index < -0.39 is 0 Å². The number of hydrogen-bond acceptors (Lipinski definition) is 5. The fourth-order valence-corrected chi connectivity index (χ4v) is 3.50. The average Bonchev–Trinajstić information content (AvgIpc) is 3.10. The average molecular weight is 388 g/mol. The quantitative estimate of drug-likeness (QED) is 0.606. The highest BCUT2D eigenvalue weighted by atomic mass is 35.5. The zero-order valence-corrected chi connectivity index (χ0v) is 16.0. The highest BCUT2D eigenvalue weighted by Gasteiger charge is 2.22. The smallest absolute Gasteiger partial charge is 0.235 e. The molecular formula is C18H18ClN5OS. The van der Waals surface area contributed by atoms with E-state index in [0.717, 1.165) is 11.3 Å². The molecule has 8 heteroatoms. The van der Waals surface area contributed by atoms with Gasteiger partial charge in [0.25, 0.3) is 0 Å². The highest BCUT2D eigenvalue weighted by molar-refractivity contribution is 8.00. The maximum atomic E-state index is 12.7. The summed E-state index contributed by atoms with van der Waals surface area (Å²) in [6.07, 6.45) is 0. The minimum absolute atomic E-state index is 0.0181. The van der Waals surface area contributed by atoms with Crippen LogP contribution in [0.3, 0.4) is 0 Å². The SMILES string of the molecule is CC(Sc1nnnn1-c1ccc(Cl)cc1)C(=O)N(C)Cc1ccccc1. The van der Waals surface area contributed by atoms with Gasteiger partial charge in [0.05, 0.1) is 10.9 Å². The van der Waals surface area contributed by atoms with E-state index >= 15 is 0 Å². The molecule has 26 heavy (non-hydrogen) atoms. The molecule has 0 radical (unpaired) electrons. The Morgan fingerprint density at radius 2 is 1.88 bits per heavy atom. The van der Waals surface area contributed by atoms with E-state index in [4.69, 9.17) is 11.6 Å². The Labute approximate surface area is 161 Å². The van der Waals surface area contributed by atoms with Crippen molar-refractivity contribution in [3.8, 4) is 5.69 Å². The van der Waals surface area contributed by atoms with Gasteiger partial charge in [0.2, 0.25) is 11.1 Å². The van der Waals surface area contributed by atoms with E-state index in [2.05, 4.69) is 15.5 Å². The molecule has 1 aromatic heterocycles. The Hall–Kier alpha value is -2.38. The van der Waals surface area contributed by atoms with Crippen LogP contribution in [0.25, 0.3) is 5.69 Å². The van der Waals surface area contributed by atoms with Crippen LogP contribution in [0.2, 0.25) is 5.02 Å². The Bertz CT molecular complexity index is 869. The number of benzene rings is 2. The summed E-state index contributed by atoms with van der Waals surface area (Å²) in [5.74, 6) is 0.0181. The monoisotopic (exact) mass is 387 g/mol. The van der Waals surface area contributed by atoms with Crippen LogP contribution in [0.5, 0.6) is 0 Å². The predicted molar refractivity (Wildman–Crippen MR) is 102 cm³/mol. The summed E-state index contributed by atoms with van der Waals surface area (Å²) in [7, 11) is 1.80. The molecular weight excluding hydrogens is 370 g/mol. The van der Waals surface area contributed by atoms with Crippen LogP contribution < -0.4 is 0 Å². The second-order valence-electron chi connectivity index (χ2n) is 5.79. The van der Waals surface area contributed by atoms with Crippen molar-refractivity contribution in [1.29, 1.82) is 0 Å². The van der Waals surface area contributed by atoms with Gasteiger partial charge in [-0.15, -0.1) is 5.10 Å². The summed E-state index contributed by atoms with van der Waals surface area (Å²) in [6, 6.07) is 17.1. The van der Waals surface area contributed by atoms with Gasteiger partial charge in [0.1, 0.15) is 0 Å². The van der Waals surface area contributed by atoms with Crippen molar-refractivity contribution < 1.29 is 4.79 Å². The normalized spacial score (nSPS) is 12.0. The molecule has 0 fully saturated rings. The molecule has 0 aliphatic heterocycles. The molecule has 1 unspecified atom stereocenters. The van der Waals surface area contributed by atoms with Gasteiger partial charge < -0.3 is 4.90 Å². The second kappa shape index (κ2) is 8.33. The summed E-state index contributed by atoms with van der Waals surface area (Å²) < 4.78 is 1.60. The molecule has 0 aliphatic carbocycles. The number of nitrogens with zero attached hydrogens (tertiary/aromatic N) is 5. The Kier molecular flexibility index (Phi) is 5.90. The van der Waals surface area contributed by atoms with Crippen LogP contribution in [0.15, 0.2) is 59.8 Å². The van der Waals surface area contributed by atoms with E-state index in [1.165, 1.54) is 11.8 Å². The van der Waals surface area contributed by atoms with Crippen molar-refractivity contribution in [1.82, 2.24) is 25.1 Å². The van der Waals surface area contributed by atoms with Gasteiger partial charge in [-0.25, -0.2) is 0 Å². The molecule has 3 aromatic rings. The summed E-state index contributed by atoms with van der Waals surface area (Å²) in [5.41, 5.74) is 1.88. The topological polar surface area (TPSA) is 63.9 Å². The van der Waals surface area contributed by atoms with Crippen LogP contribution in [0.4, 0.5) is 0 Å². The van der Waals surface area contributed by atoms with Gasteiger partial charge >= 0.3 is 0 Å². The maximum Gasteiger partial charge on any atom is 0.235 e. The number of carbonyl (C=O) groups excluding carboxylic acids is 1. The van der Waals surface area contributed by atoms with Gasteiger partial charge in [-0.3, -0.25) is 4.79 Å². The standard InChI is InChI=1S/C18H18ClN5OS/c1-13(17(25)23(2)12-14-6-4-3-5-7-14)26-18-20-21-22-24(18)16-10-8-15(19)9-11-16/h3-11,13H,12H2,1-2H3. The highest BCUT2D eigenvalue weighted by Crippen LogP contribution is 2.24. The third-order valence-corrected chi connectivity index (χ3v) is 5.05. The van der Waals surface area contributed by atoms with E-state index in [-0.39, 0.29) is 11.2 Å². The lowest BCUT2D eigenvalue weighted by molar-refractivity contribution is -0.129. The maximum absolute atomic E-state index is 12.7. The minimum Gasteiger partial charge on any atom is -0.340 e. The molecule has 1 atom stereocenters. The summed E-state index contributed by atoms with van der Waals surface area (Å²) in [6.45, 7) is 2.42. The third-order valence-electron chi connectivity index (χ3n) is 3.78. The number of amides is 1. The first-order chi connectivity index (χ1) is 12.5. The van der Waals surface area contributed by atoms with Crippen molar-refractivity contribution in [2.75, 3.05) is 7.05 Å². The third kappa shape index (κ3) is 4.42. The van der Waals surface area contributed by atoms with Crippen molar-refractivity contribution in [3.05, 3.63) is 65.2 Å². The largest absolute Gasteiger partial charge is 0.340 e. The van der Waals surface area contributed by atoms with Gasteiger partial charge in [0.15, 0.2) is 0 Å². The van der Waals surface area contributed by atoms with Crippen LogP contribution in [-0.2, 0) is 11.3 Å². The Morgan fingerprint density at radius 3 is 2.58 bits per heavy atom. The fourth-order valence-electron chi connectivity index (χ4n) is 2.45. The van der Waals surface area contributed by atoms with E-state index in [9.17, 15) is 4.79 Å². The minimum atomic E-state index is -0.319. The lowest BCUT2D eigenvalue weighted by atomic mass is 10.2. The molecule has 3 rings (SSSR count). The molecule has 0 spiro atoms. The molecule has 2 aromatic carbocycles. The van der Waals surface area contributed by atoms with Crippen molar-refractivity contribution in [2.45, 2.75) is 23.9 Å². The second-order valence-corrected chi connectivity index (χ2v) is 7.53.